The lowest BCUT2D eigenvalue weighted by molar-refractivity contribution is -0.123. The van der Waals surface area contributed by atoms with Gasteiger partial charge in [-0.05, 0) is 64.2 Å². The highest BCUT2D eigenvalue weighted by Crippen LogP contribution is 2.43. The normalized spacial score (nSPS) is 14.6. The van der Waals surface area contributed by atoms with E-state index in [0.29, 0.717) is 6.42 Å². The maximum absolute atomic E-state index is 12.7. The van der Waals surface area contributed by atoms with Gasteiger partial charge in [0.15, 0.2) is 0 Å². The van der Waals surface area contributed by atoms with E-state index in [4.69, 9.17) is 14.8 Å². The van der Waals surface area contributed by atoms with Gasteiger partial charge in [0.05, 0.1) is 25.4 Å². The summed E-state index contributed by atoms with van der Waals surface area (Å²) in [6.07, 6.45) is 47.3. The number of hydrogen-bond acceptors (Lipinski definition) is 6. The first-order chi connectivity index (χ1) is 25.4. The van der Waals surface area contributed by atoms with E-state index in [9.17, 15) is 19.4 Å². The van der Waals surface area contributed by atoms with Crippen LogP contribution in [-0.4, -0.2) is 47.8 Å². The first-order valence-corrected chi connectivity index (χ1v) is 22.8. The fraction of sp³-hybridized carbons (Fsp3) is 0.791. The van der Waals surface area contributed by atoms with Crippen LogP contribution in [0.15, 0.2) is 48.6 Å². The molecule has 0 spiro atoms. The average Bonchev–Trinajstić information content (AvgIpc) is 3.13. The van der Waals surface area contributed by atoms with Crippen molar-refractivity contribution in [2.75, 3.05) is 19.8 Å². The van der Waals surface area contributed by atoms with Gasteiger partial charge in [0.25, 0.3) is 0 Å². The summed E-state index contributed by atoms with van der Waals surface area (Å²) in [5.41, 5.74) is 5.36. The Bertz CT molecular complexity index is 954. The van der Waals surface area contributed by atoms with E-state index < -0.39 is 20.0 Å². The van der Waals surface area contributed by atoms with Crippen LogP contribution in [0.2, 0.25) is 0 Å². The first-order valence-electron chi connectivity index (χ1n) is 21.3. The maximum atomic E-state index is 12.7. The second kappa shape index (κ2) is 39.2. The molecular weight excluding hydrogens is 671 g/mol. The quantitative estimate of drug-likeness (QED) is 0.0279. The van der Waals surface area contributed by atoms with E-state index in [1.54, 1.807) is 6.08 Å². The number of unbranched alkanes of at least 4 members (excludes halogenated alkanes) is 21. The van der Waals surface area contributed by atoms with Gasteiger partial charge >= 0.3 is 7.82 Å². The second-order valence-electron chi connectivity index (χ2n) is 14.2. The van der Waals surface area contributed by atoms with E-state index in [1.165, 1.54) is 122 Å². The monoisotopic (exact) mass is 753 g/mol. The number of hydrogen-bond donors (Lipinski definition) is 4. The number of carbonyl (C=O) groups excluding carboxylic acids is 1. The van der Waals surface area contributed by atoms with Crippen molar-refractivity contribution in [3.63, 3.8) is 0 Å². The first kappa shape index (κ1) is 50.5. The maximum Gasteiger partial charge on any atom is 0.472 e. The summed E-state index contributed by atoms with van der Waals surface area (Å²) in [7, 11) is -4.35. The minimum atomic E-state index is -4.35. The van der Waals surface area contributed by atoms with Crippen LogP contribution in [0.4, 0.5) is 0 Å². The predicted octanol–water partition coefficient (Wildman–Crippen LogP) is 11.7. The molecule has 0 aromatic carbocycles. The molecule has 0 aliphatic heterocycles. The van der Waals surface area contributed by atoms with E-state index in [-0.39, 0.29) is 25.7 Å². The smallest absolute Gasteiger partial charge is 0.387 e. The van der Waals surface area contributed by atoms with Crippen molar-refractivity contribution in [1.82, 2.24) is 5.32 Å². The molecule has 0 bridgehead atoms. The van der Waals surface area contributed by atoms with Gasteiger partial charge in [-0.15, -0.1) is 0 Å². The number of phosphoric acid groups is 1. The van der Waals surface area contributed by atoms with Crippen molar-refractivity contribution in [2.45, 2.75) is 199 Å². The molecule has 304 valence electrons. The number of rotatable bonds is 39. The molecule has 5 N–H and O–H groups in total. The molecule has 0 radical (unpaired) electrons. The summed E-state index contributed by atoms with van der Waals surface area (Å²) < 4.78 is 22.1. The van der Waals surface area contributed by atoms with E-state index in [2.05, 4.69) is 55.6 Å². The lowest BCUT2D eigenvalue weighted by Crippen LogP contribution is -2.45. The lowest BCUT2D eigenvalue weighted by atomic mass is 10.1. The minimum Gasteiger partial charge on any atom is -0.387 e. The van der Waals surface area contributed by atoms with E-state index in [1.807, 2.05) is 6.08 Å². The second-order valence-corrected chi connectivity index (χ2v) is 15.6. The van der Waals surface area contributed by atoms with Crippen LogP contribution in [0.3, 0.4) is 0 Å². The van der Waals surface area contributed by atoms with Crippen molar-refractivity contribution >= 4 is 13.7 Å². The fourth-order valence-corrected chi connectivity index (χ4v) is 6.64. The van der Waals surface area contributed by atoms with Gasteiger partial charge in [-0.25, -0.2) is 4.57 Å². The SMILES string of the molecule is CCCCC/C=C\C/C=C\CCCCCCCCCCCC(=O)NC(COP(=O)(O)OCCN)C(O)/C=C/CC/C=C/CCCCCCCCCC. The minimum absolute atomic E-state index is 0.0720. The molecule has 0 saturated heterocycles. The van der Waals surface area contributed by atoms with Crippen molar-refractivity contribution in [2.24, 2.45) is 5.73 Å². The molecule has 0 aromatic rings. The van der Waals surface area contributed by atoms with E-state index >= 15 is 0 Å². The highest BCUT2D eigenvalue weighted by molar-refractivity contribution is 7.47. The molecule has 0 fully saturated rings. The van der Waals surface area contributed by atoms with Crippen molar-refractivity contribution in [3.8, 4) is 0 Å². The third-order valence-electron chi connectivity index (χ3n) is 9.13. The zero-order chi connectivity index (χ0) is 38.2. The summed E-state index contributed by atoms with van der Waals surface area (Å²) in [6, 6.07) is -0.879. The molecule has 8 nitrogen and oxygen atoms in total. The number of allylic oxidation sites excluding steroid dienone is 7. The molecule has 1 amide bonds. The van der Waals surface area contributed by atoms with Crippen molar-refractivity contribution in [3.05, 3.63) is 48.6 Å². The molecule has 0 heterocycles. The summed E-state index contributed by atoms with van der Waals surface area (Å²) in [6.45, 7) is 4.07. The number of nitrogens with one attached hydrogen (secondary N) is 1. The Kier molecular flexibility index (Phi) is 38.0. The predicted molar refractivity (Wildman–Crippen MR) is 221 cm³/mol. The number of carbonyl (C=O) groups is 1. The third-order valence-corrected chi connectivity index (χ3v) is 10.1. The molecule has 0 aromatic heterocycles. The zero-order valence-corrected chi connectivity index (χ0v) is 34.4. The molecule has 0 aliphatic rings. The number of amides is 1. The lowest BCUT2D eigenvalue weighted by Gasteiger charge is -2.23. The summed E-state index contributed by atoms with van der Waals surface area (Å²) in [5, 5.41) is 13.6. The molecule has 0 aliphatic carbocycles. The van der Waals surface area contributed by atoms with Gasteiger partial charge in [0.2, 0.25) is 5.91 Å². The molecule has 3 atom stereocenters. The Morgan fingerprint density at radius 2 is 1.08 bits per heavy atom. The number of aliphatic hydroxyl groups excluding tert-OH is 1. The molecular formula is C43H81N2O6P. The summed E-state index contributed by atoms with van der Waals surface area (Å²) >= 11 is 0. The number of aliphatic hydroxyl groups is 1. The average molecular weight is 753 g/mol. The van der Waals surface area contributed by atoms with Crippen LogP contribution in [0.25, 0.3) is 0 Å². The van der Waals surface area contributed by atoms with Crippen molar-refractivity contribution in [1.29, 1.82) is 0 Å². The van der Waals surface area contributed by atoms with Crippen LogP contribution in [0.5, 0.6) is 0 Å². The molecule has 3 unspecified atom stereocenters. The van der Waals surface area contributed by atoms with Crippen LogP contribution >= 0.6 is 7.82 Å². The van der Waals surface area contributed by atoms with Gasteiger partial charge in [-0.2, -0.15) is 0 Å². The third kappa shape index (κ3) is 36.8. The van der Waals surface area contributed by atoms with E-state index in [0.717, 1.165) is 44.9 Å². The van der Waals surface area contributed by atoms with Crippen LogP contribution in [0.1, 0.15) is 187 Å². The van der Waals surface area contributed by atoms with Gasteiger partial charge < -0.3 is 21.1 Å². The largest absolute Gasteiger partial charge is 0.472 e. The van der Waals surface area contributed by atoms with Crippen molar-refractivity contribution < 1.29 is 28.4 Å². The summed E-state index contributed by atoms with van der Waals surface area (Å²) in [5.74, 6) is -0.211. The van der Waals surface area contributed by atoms with Crippen LogP contribution < -0.4 is 11.1 Å². The zero-order valence-electron chi connectivity index (χ0n) is 33.5. The van der Waals surface area contributed by atoms with Gasteiger partial charge in [-0.1, -0.05) is 165 Å². The Morgan fingerprint density at radius 3 is 1.63 bits per heavy atom. The Morgan fingerprint density at radius 1 is 0.635 bits per heavy atom. The molecule has 52 heavy (non-hydrogen) atoms. The Hall–Kier alpha value is -1.54. The Labute approximate surface area is 320 Å². The molecule has 0 rings (SSSR count). The molecule has 9 heteroatoms. The van der Waals surface area contributed by atoms with Crippen LogP contribution in [0, 0.1) is 0 Å². The van der Waals surface area contributed by atoms with Gasteiger partial charge in [-0.3, -0.25) is 13.8 Å². The number of nitrogens with two attached hydrogens (primary N) is 1. The van der Waals surface area contributed by atoms with Crippen LogP contribution in [-0.2, 0) is 18.4 Å². The topological polar surface area (TPSA) is 131 Å². The summed E-state index contributed by atoms with van der Waals surface area (Å²) in [4.78, 5) is 22.7. The highest BCUT2D eigenvalue weighted by atomic mass is 31.2. The standard InChI is InChI=1S/C43H81N2O6P/c1-3-5-7-9-11-13-15-17-19-20-21-22-23-25-27-29-31-33-35-37-43(47)45-41(40-51-52(48,49)50-39-38-44)42(46)36-34-32-30-28-26-24-18-16-14-12-10-8-6-4-2/h11,13,17,19,26,28,34,36,41-42,46H,3-10,12,14-16,18,20-25,27,29-33,35,37-40,44H2,1-2H3,(H,45,47)(H,48,49)/b13-11-,19-17-,28-26+,36-34+. The number of phosphoric ester groups is 1. The molecule has 0 saturated carbocycles. The fourth-order valence-electron chi connectivity index (χ4n) is 5.88. The van der Waals surface area contributed by atoms with Gasteiger partial charge in [0, 0.05) is 13.0 Å². The highest BCUT2D eigenvalue weighted by Gasteiger charge is 2.26. The Balaban J connectivity index is 4.26. The van der Waals surface area contributed by atoms with Gasteiger partial charge in [0.1, 0.15) is 0 Å².